The summed E-state index contributed by atoms with van der Waals surface area (Å²) in [4.78, 5) is 14.0. The van der Waals surface area contributed by atoms with E-state index in [4.69, 9.17) is 0 Å². The fourth-order valence-corrected chi connectivity index (χ4v) is 4.61. The van der Waals surface area contributed by atoms with Crippen LogP contribution >= 0.6 is 0 Å². The summed E-state index contributed by atoms with van der Waals surface area (Å²) in [5.74, 6) is -0.171. The van der Waals surface area contributed by atoms with Crippen LogP contribution in [0.25, 0.3) is 0 Å². The number of sulfonamides is 1. The first-order valence-corrected chi connectivity index (χ1v) is 8.73. The number of hydrogen-bond donors (Lipinski definition) is 0. The molecule has 1 aliphatic heterocycles. The quantitative estimate of drug-likeness (QED) is 0.798. The van der Waals surface area contributed by atoms with E-state index < -0.39 is 16.1 Å². The van der Waals surface area contributed by atoms with Crippen LogP contribution < -0.4 is 0 Å². The Morgan fingerprint density at radius 3 is 2.05 bits per heavy atom. The van der Waals surface area contributed by atoms with E-state index in [9.17, 15) is 13.2 Å². The monoisotopic (exact) mass is 324 g/mol. The van der Waals surface area contributed by atoms with E-state index in [2.05, 4.69) is 0 Å². The van der Waals surface area contributed by atoms with Gasteiger partial charge in [-0.1, -0.05) is 38.5 Å². The van der Waals surface area contributed by atoms with Gasteiger partial charge in [0.25, 0.3) is 0 Å². The topological polar surface area (TPSA) is 57.5 Å². The summed E-state index contributed by atoms with van der Waals surface area (Å²) in [5.41, 5.74) is 0.701. The average Bonchev–Trinajstić information content (AvgIpc) is 3.14. The molecule has 0 aromatic heterocycles. The highest BCUT2D eigenvalue weighted by Gasteiger charge is 2.64. The molecule has 1 unspecified atom stereocenters. The third-order valence-electron chi connectivity index (χ3n) is 3.94. The van der Waals surface area contributed by atoms with Gasteiger partial charge in [-0.3, -0.25) is 4.79 Å². The summed E-state index contributed by atoms with van der Waals surface area (Å²) in [5, 5.41) is 0. The molecule has 1 fully saturated rings. The number of benzene rings is 1. The zero-order valence-electron chi connectivity index (χ0n) is 14.0. The van der Waals surface area contributed by atoms with Gasteiger partial charge in [-0.25, -0.2) is 8.42 Å². The molecule has 1 aliphatic rings. The van der Waals surface area contributed by atoms with Crippen LogP contribution in [-0.4, -0.2) is 49.7 Å². The Morgan fingerprint density at radius 2 is 1.64 bits per heavy atom. The first-order valence-electron chi connectivity index (χ1n) is 7.29. The lowest BCUT2D eigenvalue weighted by atomic mass is 9.90. The van der Waals surface area contributed by atoms with Crippen molar-refractivity contribution in [3.8, 4) is 0 Å². The summed E-state index contributed by atoms with van der Waals surface area (Å²) >= 11 is 0. The zero-order chi connectivity index (χ0) is 16.9. The second kappa shape index (κ2) is 5.35. The van der Waals surface area contributed by atoms with Crippen molar-refractivity contribution in [1.82, 2.24) is 9.21 Å². The lowest BCUT2D eigenvalue weighted by Gasteiger charge is -2.18. The molecule has 2 rings (SSSR count). The van der Waals surface area contributed by atoms with Gasteiger partial charge < -0.3 is 4.90 Å². The molecule has 1 aromatic rings. The normalized spacial score (nSPS) is 24.9. The van der Waals surface area contributed by atoms with Gasteiger partial charge in [0.05, 0.1) is 10.9 Å². The van der Waals surface area contributed by atoms with Crippen LogP contribution in [0.5, 0.6) is 0 Å². The Hall–Kier alpha value is -1.40. The predicted molar refractivity (Wildman–Crippen MR) is 85.9 cm³/mol. The van der Waals surface area contributed by atoms with Crippen molar-refractivity contribution >= 4 is 15.9 Å². The third-order valence-corrected chi connectivity index (χ3v) is 5.81. The molecule has 5 nitrogen and oxygen atoms in total. The van der Waals surface area contributed by atoms with Crippen molar-refractivity contribution < 1.29 is 13.2 Å². The van der Waals surface area contributed by atoms with E-state index in [1.165, 1.54) is 9.21 Å². The van der Waals surface area contributed by atoms with Crippen molar-refractivity contribution in [1.29, 1.82) is 0 Å². The first-order chi connectivity index (χ1) is 9.98. The van der Waals surface area contributed by atoms with Gasteiger partial charge in [0.1, 0.15) is 6.04 Å². The molecule has 0 N–H and O–H groups in total. The molecule has 1 aromatic carbocycles. The van der Waals surface area contributed by atoms with Gasteiger partial charge in [-0.15, -0.1) is 0 Å². The highest BCUT2D eigenvalue weighted by Crippen LogP contribution is 2.46. The number of aryl methyl sites for hydroxylation is 1. The lowest BCUT2D eigenvalue weighted by molar-refractivity contribution is -0.128. The third kappa shape index (κ3) is 2.90. The maximum atomic E-state index is 12.9. The maximum Gasteiger partial charge on any atom is 0.244 e. The van der Waals surface area contributed by atoms with Crippen molar-refractivity contribution in [3.05, 3.63) is 29.8 Å². The van der Waals surface area contributed by atoms with Crippen LogP contribution in [0.4, 0.5) is 0 Å². The highest BCUT2D eigenvalue weighted by molar-refractivity contribution is 7.89. The van der Waals surface area contributed by atoms with E-state index in [0.717, 1.165) is 5.56 Å². The van der Waals surface area contributed by atoms with E-state index in [1.54, 1.807) is 38.4 Å². The minimum atomic E-state index is -3.66. The average molecular weight is 324 g/mol. The van der Waals surface area contributed by atoms with Crippen LogP contribution in [0.1, 0.15) is 26.3 Å². The number of likely N-dealkylation sites (N-methyl/N-ethyl adjacent to an activating group) is 1. The molecular weight excluding hydrogens is 300 g/mol. The summed E-state index contributed by atoms with van der Waals surface area (Å²) < 4.78 is 27.1. The van der Waals surface area contributed by atoms with Crippen molar-refractivity contribution in [3.63, 3.8) is 0 Å². The van der Waals surface area contributed by atoms with Crippen molar-refractivity contribution in [2.75, 3.05) is 14.1 Å². The van der Waals surface area contributed by atoms with E-state index in [0.29, 0.717) is 0 Å². The molecule has 1 amide bonds. The van der Waals surface area contributed by atoms with Gasteiger partial charge in [0.15, 0.2) is 0 Å². The number of rotatable bonds is 3. The molecule has 1 saturated heterocycles. The van der Waals surface area contributed by atoms with Crippen molar-refractivity contribution in [2.45, 2.75) is 44.7 Å². The largest absolute Gasteiger partial charge is 0.347 e. The van der Waals surface area contributed by atoms with Crippen LogP contribution in [0.15, 0.2) is 29.2 Å². The maximum absolute atomic E-state index is 12.9. The van der Waals surface area contributed by atoms with E-state index in [-0.39, 0.29) is 22.3 Å². The Morgan fingerprint density at radius 1 is 1.14 bits per heavy atom. The number of carbonyl (C=O) groups excluding carboxylic acids is 1. The second-order valence-electron chi connectivity index (χ2n) is 7.14. The van der Waals surface area contributed by atoms with Crippen molar-refractivity contribution in [2.24, 2.45) is 5.41 Å². The minimum absolute atomic E-state index is 0.171. The van der Waals surface area contributed by atoms with Gasteiger partial charge in [0.2, 0.25) is 15.9 Å². The molecule has 0 spiro atoms. The smallest absolute Gasteiger partial charge is 0.244 e. The molecule has 0 aliphatic carbocycles. The molecule has 0 radical (unpaired) electrons. The van der Waals surface area contributed by atoms with Gasteiger partial charge in [0, 0.05) is 14.1 Å². The second-order valence-corrected chi connectivity index (χ2v) is 8.98. The summed E-state index contributed by atoms with van der Waals surface area (Å²) in [7, 11) is -0.357. The lowest BCUT2D eigenvalue weighted by Crippen LogP contribution is -2.31. The highest BCUT2D eigenvalue weighted by atomic mass is 32.2. The van der Waals surface area contributed by atoms with Crippen LogP contribution in [-0.2, 0) is 14.8 Å². The van der Waals surface area contributed by atoms with Gasteiger partial charge in [-0.2, -0.15) is 4.31 Å². The number of hydrogen-bond acceptors (Lipinski definition) is 3. The molecule has 122 valence electrons. The number of carbonyl (C=O) groups is 1. The summed E-state index contributed by atoms with van der Waals surface area (Å²) in [6.07, 6.45) is 0. The Labute approximate surface area is 133 Å². The Kier molecular flexibility index (Phi) is 4.13. The van der Waals surface area contributed by atoms with Crippen LogP contribution in [0, 0.1) is 12.3 Å². The minimum Gasteiger partial charge on any atom is -0.347 e. The van der Waals surface area contributed by atoms with Gasteiger partial charge in [-0.05, 0) is 24.5 Å². The SMILES string of the molecule is Cc1ccc(S(=O)(=O)N2[C@H](C(C)(C)C)[C@@H]2C(=O)N(C)C)cc1. The zero-order valence-corrected chi connectivity index (χ0v) is 14.8. The molecule has 0 bridgehead atoms. The summed E-state index contributed by atoms with van der Waals surface area (Å²) in [6, 6.07) is 5.81. The Bertz CT molecular complexity index is 672. The first kappa shape index (κ1) is 17.0. The van der Waals surface area contributed by atoms with E-state index in [1.807, 2.05) is 27.7 Å². The molecule has 6 heteroatoms. The molecular formula is C16H24N2O3S. The fraction of sp³-hybridized carbons (Fsp3) is 0.562. The fourth-order valence-electron chi connectivity index (χ4n) is 2.71. The molecule has 1 heterocycles. The molecule has 22 heavy (non-hydrogen) atoms. The number of amides is 1. The Balaban J connectivity index is 2.41. The van der Waals surface area contributed by atoms with Crippen LogP contribution in [0.2, 0.25) is 0 Å². The number of nitrogens with zero attached hydrogens (tertiary/aromatic N) is 2. The standard InChI is InChI=1S/C16H24N2O3S/c1-11-7-9-12(10-8-11)22(20,21)18-13(15(19)17(5)6)14(18)16(2,3)4/h7-10,13-14H,1-6H3/t13-,14+,18?/m1/s1. The van der Waals surface area contributed by atoms with Gasteiger partial charge >= 0.3 is 0 Å². The summed E-state index contributed by atoms with van der Waals surface area (Å²) in [6.45, 7) is 7.78. The molecule has 0 saturated carbocycles. The van der Waals surface area contributed by atoms with E-state index >= 15 is 0 Å². The predicted octanol–water partition coefficient (Wildman–Crippen LogP) is 1.87. The van der Waals surface area contributed by atoms with Crippen LogP contribution in [0.3, 0.4) is 0 Å². The molecule has 3 atom stereocenters.